The van der Waals surface area contributed by atoms with Crippen LogP contribution in [0.1, 0.15) is 20.8 Å². The molecule has 0 saturated carbocycles. The first-order valence-electron chi connectivity index (χ1n) is 8.63. The lowest BCUT2D eigenvalue weighted by Gasteiger charge is -2.20. The number of carbonyl (C=O) groups excluding carboxylic acids is 2. The van der Waals surface area contributed by atoms with Gasteiger partial charge in [-0.05, 0) is 39.0 Å². The third-order valence-electron chi connectivity index (χ3n) is 3.77. The number of nitrogens with zero attached hydrogens (tertiary/aromatic N) is 3. The van der Waals surface area contributed by atoms with Crippen molar-refractivity contribution in [1.29, 1.82) is 0 Å². The van der Waals surface area contributed by atoms with Crippen LogP contribution in [0.5, 0.6) is 0 Å². The highest BCUT2D eigenvalue weighted by Crippen LogP contribution is 2.23. The first kappa shape index (κ1) is 18.6. The molecule has 1 aliphatic rings. The zero-order valence-electron chi connectivity index (χ0n) is 15.5. The smallest absolute Gasteiger partial charge is 0.416 e. The van der Waals surface area contributed by atoms with E-state index in [4.69, 9.17) is 9.47 Å². The highest BCUT2D eigenvalue weighted by molar-refractivity contribution is 5.88. The monoisotopic (exact) mass is 370 g/mol. The molecule has 142 valence electrons. The molecule has 8 nitrogen and oxygen atoms in total. The summed E-state index contributed by atoms with van der Waals surface area (Å²) in [6.07, 6.45) is 3.63. The number of amides is 2. The Labute approximate surface area is 157 Å². The van der Waals surface area contributed by atoms with E-state index in [0.29, 0.717) is 12.4 Å². The van der Waals surface area contributed by atoms with Crippen molar-refractivity contribution >= 4 is 18.0 Å². The largest absolute Gasteiger partial charge is 0.444 e. The molecule has 1 saturated heterocycles. The number of hydrogen-bond acceptors (Lipinski definition) is 6. The molecule has 1 N–H and O–H groups in total. The molecule has 0 aliphatic carbocycles. The van der Waals surface area contributed by atoms with Crippen LogP contribution in [-0.4, -0.2) is 46.9 Å². The molecule has 3 rings (SSSR count). The first-order valence-corrected chi connectivity index (χ1v) is 8.63. The molecule has 1 fully saturated rings. The molecular weight excluding hydrogens is 348 g/mol. The fourth-order valence-corrected chi connectivity index (χ4v) is 2.58. The minimum Gasteiger partial charge on any atom is -0.444 e. The number of carbonyl (C=O) groups is 2. The van der Waals surface area contributed by atoms with Gasteiger partial charge in [0.15, 0.2) is 0 Å². The molecule has 2 aromatic heterocycles. The summed E-state index contributed by atoms with van der Waals surface area (Å²) in [6.45, 7) is 5.82. The van der Waals surface area contributed by atoms with Gasteiger partial charge in [-0.25, -0.2) is 14.6 Å². The Morgan fingerprint density at radius 2 is 2.07 bits per heavy atom. The minimum absolute atomic E-state index is 0.172. The van der Waals surface area contributed by atoms with E-state index in [1.807, 2.05) is 18.2 Å². The topological polar surface area (TPSA) is 93.6 Å². The van der Waals surface area contributed by atoms with Gasteiger partial charge >= 0.3 is 12.2 Å². The fourth-order valence-electron chi connectivity index (χ4n) is 2.58. The Morgan fingerprint density at radius 3 is 2.70 bits per heavy atom. The second-order valence-electron chi connectivity index (χ2n) is 7.15. The SMILES string of the molecule is CC(C)(C)OC(=O)NCC1CN(c2ccc(-c3cccnc3)cn2)C(=O)O1. The lowest BCUT2D eigenvalue weighted by molar-refractivity contribution is 0.0496. The third-order valence-corrected chi connectivity index (χ3v) is 3.77. The van der Waals surface area contributed by atoms with Crippen molar-refractivity contribution in [2.75, 3.05) is 18.0 Å². The molecular formula is C19H22N4O4. The molecule has 27 heavy (non-hydrogen) atoms. The highest BCUT2D eigenvalue weighted by Gasteiger charge is 2.33. The van der Waals surface area contributed by atoms with E-state index in [0.717, 1.165) is 11.1 Å². The maximum absolute atomic E-state index is 12.1. The Balaban J connectivity index is 1.58. The average molecular weight is 370 g/mol. The standard InChI is InChI=1S/C19H22N4O4/c1-19(2,3)27-17(24)22-11-15-12-23(18(25)26-15)16-7-6-14(10-21-16)13-5-4-8-20-9-13/h4-10,15H,11-12H2,1-3H3,(H,22,24). The van der Waals surface area contributed by atoms with Crippen molar-refractivity contribution in [1.82, 2.24) is 15.3 Å². The van der Waals surface area contributed by atoms with Crippen LogP contribution in [0.3, 0.4) is 0 Å². The van der Waals surface area contributed by atoms with Crippen LogP contribution in [0.15, 0.2) is 42.9 Å². The Bertz CT molecular complexity index is 803. The van der Waals surface area contributed by atoms with E-state index in [1.165, 1.54) is 4.90 Å². The van der Waals surface area contributed by atoms with Gasteiger partial charge in [-0.1, -0.05) is 6.07 Å². The number of nitrogens with one attached hydrogen (secondary N) is 1. The van der Waals surface area contributed by atoms with Crippen molar-refractivity contribution in [3.63, 3.8) is 0 Å². The summed E-state index contributed by atoms with van der Waals surface area (Å²) in [7, 11) is 0. The number of aromatic nitrogens is 2. The molecule has 0 spiro atoms. The van der Waals surface area contributed by atoms with E-state index in [2.05, 4.69) is 15.3 Å². The summed E-state index contributed by atoms with van der Waals surface area (Å²) in [5.74, 6) is 0.493. The number of cyclic esters (lactones) is 1. The van der Waals surface area contributed by atoms with Crippen molar-refractivity contribution < 1.29 is 19.1 Å². The molecule has 2 aromatic rings. The van der Waals surface area contributed by atoms with Crippen LogP contribution >= 0.6 is 0 Å². The molecule has 0 radical (unpaired) electrons. The first-order chi connectivity index (χ1) is 12.8. The Hall–Kier alpha value is -3.16. The van der Waals surface area contributed by atoms with Gasteiger partial charge in [0.2, 0.25) is 0 Å². The maximum Gasteiger partial charge on any atom is 0.416 e. The summed E-state index contributed by atoms with van der Waals surface area (Å²) in [4.78, 5) is 33.7. The summed E-state index contributed by atoms with van der Waals surface area (Å²) in [6, 6.07) is 7.42. The van der Waals surface area contributed by atoms with Crippen molar-refractivity contribution in [2.24, 2.45) is 0 Å². The normalized spacial score (nSPS) is 16.8. The van der Waals surface area contributed by atoms with Gasteiger partial charge in [0.25, 0.3) is 0 Å². The summed E-state index contributed by atoms with van der Waals surface area (Å²) >= 11 is 0. The number of anilines is 1. The summed E-state index contributed by atoms with van der Waals surface area (Å²) in [5, 5.41) is 2.61. The van der Waals surface area contributed by atoms with Crippen molar-refractivity contribution in [2.45, 2.75) is 32.5 Å². The number of pyridine rings is 2. The maximum atomic E-state index is 12.1. The van der Waals surface area contributed by atoms with E-state index in [9.17, 15) is 9.59 Å². The lowest BCUT2D eigenvalue weighted by atomic mass is 10.1. The number of hydrogen-bond donors (Lipinski definition) is 1. The van der Waals surface area contributed by atoms with Gasteiger partial charge in [0.1, 0.15) is 17.5 Å². The molecule has 8 heteroatoms. The van der Waals surface area contributed by atoms with E-state index >= 15 is 0 Å². The average Bonchev–Trinajstić information content (AvgIpc) is 3.00. The summed E-state index contributed by atoms with van der Waals surface area (Å²) < 4.78 is 10.5. The number of alkyl carbamates (subject to hydrolysis) is 1. The molecule has 2 amide bonds. The molecule has 0 aromatic carbocycles. The molecule has 1 aliphatic heterocycles. The predicted molar refractivity (Wildman–Crippen MR) is 99.3 cm³/mol. The molecule has 1 unspecified atom stereocenters. The Morgan fingerprint density at radius 1 is 1.30 bits per heavy atom. The van der Waals surface area contributed by atoms with Gasteiger partial charge in [-0.2, -0.15) is 0 Å². The van der Waals surface area contributed by atoms with Crippen LogP contribution in [0, 0.1) is 0 Å². The summed E-state index contributed by atoms with van der Waals surface area (Å²) in [5.41, 5.74) is 1.27. The molecule has 3 heterocycles. The molecule has 1 atom stereocenters. The lowest BCUT2D eigenvalue weighted by Crippen LogP contribution is -2.38. The van der Waals surface area contributed by atoms with Crippen molar-refractivity contribution in [3.8, 4) is 11.1 Å². The highest BCUT2D eigenvalue weighted by atomic mass is 16.6. The van der Waals surface area contributed by atoms with E-state index < -0.39 is 23.9 Å². The van der Waals surface area contributed by atoms with Gasteiger partial charge in [0, 0.05) is 29.7 Å². The van der Waals surface area contributed by atoms with Gasteiger partial charge < -0.3 is 14.8 Å². The number of ether oxygens (including phenoxy) is 2. The van der Waals surface area contributed by atoms with Crippen LogP contribution in [0.4, 0.5) is 15.4 Å². The second-order valence-corrected chi connectivity index (χ2v) is 7.15. The predicted octanol–water partition coefficient (Wildman–Crippen LogP) is 2.99. The van der Waals surface area contributed by atoms with E-state index in [-0.39, 0.29) is 6.54 Å². The third kappa shape index (κ3) is 4.93. The number of rotatable bonds is 4. The zero-order chi connectivity index (χ0) is 19.4. The minimum atomic E-state index is -0.581. The van der Waals surface area contributed by atoms with E-state index in [1.54, 1.807) is 45.4 Å². The Kier molecular flexibility index (Phi) is 5.25. The van der Waals surface area contributed by atoms with Crippen LogP contribution in [-0.2, 0) is 9.47 Å². The van der Waals surface area contributed by atoms with Gasteiger partial charge in [-0.3, -0.25) is 9.88 Å². The second kappa shape index (κ2) is 7.61. The van der Waals surface area contributed by atoms with Gasteiger partial charge in [0.05, 0.1) is 13.1 Å². The fraction of sp³-hybridized carbons (Fsp3) is 0.368. The van der Waals surface area contributed by atoms with Crippen LogP contribution in [0.25, 0.3) is 11.1 Å². The van der Waals surface area contributed by atoms with Gasteiger partial charge in [-0.15, -0.1) is 0 Å². The van der Waals surface area contributed by atoms with Crippen LogP contribution < -0.4 is 10.2 Å². The zero-order valence-corrected chi connectivity index (χ0v) is 15.5. The quantitative estimate of drug-likeness (QED) is 0.889. The van der Waals surface area contributed by atoms with Crippen molar-refractivity contribution in [3.05, 3.63) is 42.9 Å². The van der Waals surface area contributed by atoms with Crippen LogP contribution in [0.2, 0.25) is 0 Å². The molecule has 0 bridgehead atoms.